The van der Waals surface area contributed by atoms with E-state index in [-0.39, 0.29) is 17.9 Å². The lowest BCUT2D eigenvalue weighted by Gasteiger charge is -2.37. The van der Waals surface area contributed by atoms with Gasteiger partial charge in [0.05, 0.1) is 23.9 Å². The van der Waals surface area contributed by atoms with Crippen LogP contribution in [0.25, 0.3) is 0 Å². The number of aryl methyl sites for hydroxylation is 2. The molecule has 6 nitrogen and oxygen atoms in total. The Morgan fingerprint density at radius 2 is 2.04 bits per heavy atom. The van der Waals surface area contributed by atoms with Gasteiger partial charge in [-0.1, -0.05) is 24.3 Å². The molecule has 0 saturated heterocycles. The van der Waals surface area contributed by atoms with Crippen molar-refractivity contribution in [3.63, 3.8) is 0 Å². The average molecular weight is 377 g/mol. The molecular formula is C22H27N5O. The highest BCUT2D eigenvalue weighted by Crippen LogP contribution is 2.36. The van der Waals surface area contributed by atoms with Crippen molar-refractivity contribution in [3.8, 4) is 0 Å². The van der Waals surface area contributed by atoms with Gasteiger partial charge in [-0.25, -0.2) is 0 Å². The SMILES string of the molecule is CN1CC=C2C(=N1)C=CC=CC2C(=O)N(C1CC1)C1CCc2nn(C)cc2C1. The Morgan fingerprint density at radius 1 is 1.18 bits per heavy atom. The Balaban J connectivity index is 1.43. The first-order valence-electron chi connectivity index (χ1n) is 10.3. The summed E-state index contributed by atoms with van der Waals surface area (Å²) in [6.45, 7) is 0.746. The number of fused-ring (bicyclic) bond motifs is 2. The third-order valence-electron chi connectivity index (χ3n) is 6.17. The van der Waals surface area contributed by atoms with Gasteiger partial charge in [-0.2, -0.15) is 10.2 Å². The Morgan fingerprint density at radius 3 is 2.86 bits per heavy atom. The highest BCUT2D eigenvalue weighted by atomic mass is 16.2. The minimum atomic E-state index is -0.238. The maximum atomic E-state index is 13.8. The first-order chi connectivity index (χ1) is 13.6. The summed E-state index contributed by atoms with van der Waals surface area (Å²) >= 11 is 0. The molecule has 1 amide bonds. The van der Waals surface area contributed by atoms with Crippen LogP contribution in [0.1, 0.15) is 30.5 Å². The summed E-state index contributed by atoms with van der Waals surface area (Å²) in [6.07, 6.45) is 17.5. The number of rotatable bonds is 3. The van der Waals surface area contributed by atoms with E-state index >= 15 is 0 Å². The van der Waals surface area contributed by atoms with Crippen LogP contribution in [0.4, 0.5) is 0 Å². The minimum Gasteiger partial charge on any atom is -0.336 e. The second-order valence-electron chi connectivity index (χ2n) is 8.35. The molecule has 2 unspecified atom stereocenters. The molecule has 0 spiro atoms. The molecule has 4 aliphatic rings. The number of carbonyl (C=O) groups excluding carboxylic acids is 1. The summed E-state index contributed by atoms with van der Waals surface area (Å²) in [7, 11) is 3.95. The molecule has 1 aliphatic heterocycles. The van der Waals surface area contributed by atoms with Crippen LogP contribution in [0.3, 0.4) is 0 Å². The van der Waals surface area contributed by atoms with E-state index in [1.807, 2.05) is 48.1 Å². The zero-order chi connectivity index (χ0) is 19.3. The number of aromatic nitrogens is 2. The Bertz CT molecular complexity index is 917. The standard InChI is InChI=1S/C22H27N5O/c1-25-12-11-18-19(5-3-4-6-21(18)24-25)22(28)27(16-7-8-16)17-9-10-20-15(13-17)14-26(2)23-20/h3-6,11,14,16-17,19H,7-10,12-13H2,1-2H3. The Hall–Kier alpha value is -2.63. The van der Waals surface area contributed by atoms with Gasteiger partial charge in [-0.15, -0.1) is 0 Å². The van der Waals surface area contributed by atoms with E-state index in [0.29, 0.717) is 6.04 Å². The molecule has 3 aliphatic carbocycles. The molecular weight excluding hydrogens is 350 g/mol. The number of nitrogens with zero attached hydrogens (tertiary/aromatic N) is 5. The summed E-state index contributed by atoms with van der Waals surface area (Å²) in [5.74, 6) is 0.00152. The van der Waals surface area contributed by atoms with Crippen molar-refractivity contribution in [3.05, 3.63) is 53.4 Å². The van der Waals surface area contributed by atoms with Crippen molar-refractivity contribution in [2.45, 2.75) is 44.2 Å². The molecule has 1 aromatic rings. The van der Waals surface area contributed by atoms with Crippen molar-refractivity contribution < 1.29 is 4.79 Å². The average Bonchev–Trinajstić information content (AvgIpc) is 3.45. The van der Waals surface area contributed by atoms with Gasteiger partial charge in [0, 0.05) is 32.4 Å². The Labute approximate surface area is 165 Å². The van der Waals surface area contributed by atoms with Crippen molar-refractivity contribution in [2.75, 3.05) is 13.6 Å². The molecule has 28 heavy (non-hydrogen) atoms. The lowest BCUT2D eigenvalue weighted by molar-refractivity contribution is -0.136. The lowest BCUT2D eigenvalue weighted by Crippen LogP contribution is -2.48. The topological polar surface area (TPSA) is 53.7 Å². The lowest BCUT2D eigenvalue weighted by atomic mass is 9.88. The highest BCUT2D eigenvalue weighted by Gasteiger charge is 2.42. The first-order valence-corrected chi connectivity index (χ1v) is 10.3. The van der Waals surface area contributed by atoms with Crippen molar-refractivity contribution in [2.24, 2.45) is 18.1 Å². The molecule has 2 heterocycles. The number of amides is 1. The highest BCUT2D eigenvalue weighted by molar-refractivity contribution is 6.13. The molecule has 146 valence electrons. The van der Waals surface area contributed by atoms with Gasteiger partial charge in [-0.3, -0.25) is 14.5 Å². The fourth-order valence-corrected chi connectivity index (χ4v) is 4.71. The third-order valence-corrected chi connectivity index (χ3v) is 6.17. The van der Waals surface area contributed by atoms with E-state index in [0.717, 1.165) is 49.9 Å². The monoisotopic (exact) mass is 377 g/mol. The minimum absolute atomic E-state index is 0.238. The van der Waals surface area contributed by atoms with E-state index in [1.165, 1.54) is 11.3 Å². The van der Waals surface area contributed by atoms with E-state index < -0.39 is 0 Å². The van der Waals surface area contributed by atoms with Crippen LogP contribution in [0.2, 0.25) is 0 Å². The van der Waals surface area contributed by atoms with Crippen LogP contribution >= 0.6 is 0 Å². The summed E-state index contributed by atoms with van der Waals surface area (Å²) in [4.78, 5) is 16.0. The van der Waals surface area contributed by atoms with Crippen LogP contribution in [0, 0.1) is 5.92 Å². The van der Waals surface area contributed by atoms with Crippen LogP contribution < -0.4 is 0 Å². The quantitative estimate of drug-likeness (QED) is 0.812. The van der Waals surface area contributed by atoms with Gasteiger partial charge in [0.1, 0.15) is 0 Å². The summed E-state index contributed by atoms with van der Waals surface area (Å²) in [5.41, 5.74) is 4.46. The first kappa shape index (κ1) is 17.5. The predicted molar refractivity (Wildman–Crippen MR) is 109 cm³/mol. The zero-order valence-electron chi connectivity index (χ0n) is 16.6. The molecule has 6 heteroatoms. The number of hydrogen-bond donors (Lipinski definition) is 0. The van der Waals surface area contributed by atoms with Crippen LogP contribution in [-0.4, -0.2) is 57.0 Å². The molecule has 2 atom stereocenters. The summed E-state index contributed by atoms with van der Waals surface area (Å²) < 4.78 is 1.90. The van der Waals surface area contributed by atoms with Gasteiger partial charge in [0.15, 0.2) is 0 Å². The van der Waals surface area contributed by atoms with Gasteiger partial charge < -0.3 is 4.90 Å². The van der Waals surface area contributed by atoms with E-state index in [9.17, 15) is 4.79 Å². The molecule has 0 radical (unpaired) electrons. The smallest absolute Gasteiger partial charge is 0.234 e. The number of allylic oxidation sites excluding steroid dienone is 3. The van der Waals surface area contributed by atoms with Crippen molar-refractivity contribution >= 4 is 11.6 Å². The molecule has 1 saturated carbocycles. The molecule has 0 bridgehead atoms. The second-order valence-corrected chi connectivity index (χ2v) is 8.35. The molecule has 0 aromatic carbocycles. The fraction of sp³-hybridized carbons (Fsp3) is 0.500. The van der Waals surface area contributed by atoms with Crippen LogP contribution in [0.15, 0.2) is 47.3 Å². The van der Waals surface area contributed by atoms with E-state index in [4.69, 9.17) is 0 Å². The third kappa shape index (κ3) is 3.11. The number of hydrazone groups is 1. The van der Waals surface area contributed by atoms with Crippen LogP contribution in [-0.2, 0) is 24.7 Å². The Kier molecular flexibility index (Phi) is 4.22. The van der Waals surface area contributed by atoms with E-state index in [2.05, 4.69) is 27.4 Å². The number of carbonyl (C=O) groups is 1. The van der Waals surface area contributed by atoms with Gasteiger partial charge in [0.2, 0.25) is 5.91 Å². The molecule has 1 fully saturated rings. The number of hydrogen-bond acceptors (Lipinski definition) is 4. The van der Waals surface area contributed by atoms with Crippen molar-refractivity contribution in [1.82, 2.24) is 19.7 Å². The summed E-state index contributed by atoms with van der Waals surface area (Å²) in [5, 5.41) is 11.1. The fourth-order valence-electron chi connectivity index (χ4n) is 4.71. The zero-order valence-corrected chi connectivity index (χ0v) is 16.6. The van der Waals surface area contributed by atoms with E-state index in [1.54, 1.807) is 0 Å². The van der Waals surface area contributed by atoms with Gasteiger partial charge in [0.25, 0.3) is 0 Å². The predicted octanol–water partition coefficient (Wildman–Crippen LogP) is 2.24. The largest absolute Gasteiger partial charge is 0.336 e. The number of likely N-dealkylation sites (N-methyl/N-ethyl adjacent to an activating group) is 1. The maximum Gasteiger partial charge on any atom is 0.234 e. The maximum absolute atomic E-state index is 13.8. The van der Waals surface area contributed by atoms with Gasteiger partial charge in [-0.05, 0) is 49.3 Å². The molecule has 5 rings (SSSR count). The van der Waals surface area contributed by atoms with Crippen LogP contribution in [0.5, 0.6) is 0 Å². The van der Waals surface area contributed by atoms with Crippen molar-refractivity contribution in [1.29, 1.82) is 0 Å². The second kappa shape index (κ2) is 6.76. The molecule has 1 aromatic heterocycles. The summed E-state index contributed by atoms with van der Waals surface area (Å²) in [6, 6.07) is 0.668. The normalized spacial score (nSPS) is 26.1. The molecule has 0 N–H and O–H groups in total. The van der Waals surface area contributed by atoms with Gasteiger partial charge >= 0.3 is 0 Å².